The summed E-state index contributed by atoms with van der Waals surface area (Å²) in [7, 11) is 0. The molecule has 8 heteroatoms. The quantitative estimate of drug-likeness (QED) is 0.0954. The molecule has 358 valence electrons. The molecule has 8 aromatic carbocycles. The summed E-state index contributed by atoms with van der Waals surface area (Å²) < 4.78 is 0. The number of benzene rings is 8. The lowest BCUT2D eigenvalue weighted by Crippen LogP contribution is -2.15. The highest BCUT2D eigenvalue weighted by Gasteiger charge is 2.18. The zero-order valence-corrected chi connectivity index (χ0v) is 41.5. The van der Waals surface area contributed by atoms with Crippen LogP contribution in [0.5, 0.6) is 0 Å². The van der Waals surface area contributed by atoms with Crippen LogP contribution in [0.2, 0.25) is 0 Å². The zero-order chi connectivity index (χ0) is 50.4. The van der Waals surface area contributed by atoms with Crippen molar-refractivity contribution in [2.24, 2.45) is 0 Å². The Hall–Kier alpha value is -9.66. The van der Waals surface area contributed by atoms with E-state index in [1.165, 1.54) is 16.7 Å². The largest absolute Gasteiger partial charge is 0.311 e. The molecule has 11 rings (SSSR count). The molecule has 0 bridgehead atoms. The maximum absolute atomic E-state index is 4.94. The molecule has 0 saturated heterocycles. The van der Waals surface area contributed by atoms with Crippen molar-refractivity contribution >= 4 is 50.4 Å². The van der Waals surface area contributed by atoms with E-state index in [2.05, 4.69) is 242 Å². The van der Waals surface area contributed by atoms with Crippen LogP contribution in [0.25, 0.3) is 72.4 Å². The fraction of sp³-hybridized carbons (Fsp3) is 0.0606. The molecule has 8 nitrogen and oxygen atoms in total. The monoisotopic (exact) mass is 958 g/mol. The molecule has 1 aliphatic carbocycles. The summed E-state index contributed by atoms with van der Waals surface area (Å²) in [6.07, 6.45) is 20.8. The first kappa shape index (κ1) is 46.7. The highest BCUT2D eigenvalue weighted by Crippen LogP contribution is 2.37. The van der Waals surface area contributed by atoms with Gasteiger partial charge in [0.2, 0.25) is 0 Å². The second-order valence-electron chi connectivity index (χ2n) is 18.0. The third-order valence-electron chi connectivity index (χ3n) is 13.3. The predicted octanol–water partition coefficient (Wildman–Crippen LogP) is 16.9. The van der Waals surface area contributed by atoms with E-state index in [1.807, 2.05) is 31.2 Å². The van der Waals surface area contributed by atoms with Crippen LogP contribution in [0.15, 0.2) is 267 Å². The van der Waals surface area contributed by atoms with Crippen molar-refractivity contribution < 1.29 is 0 Å². The molecule has 10 aromatic rings. The normalized spacial score (nSPS) is 12.9. The second-order valence-corrected chi connectivity index (χ2v) is 18.0. The molecule has 0 N–H and O–H groups in total. The van der Waals surface area contributed by atoms with Gasteiger partial charge in [-0.2, -0.15) is 9.59 Å². The molecule has 2 aromatic heterocycles. The van der Waals surface area contributed by atoms with E-state index in [0.29, 0.717) is 0 Å². The van der Waals surface area contributed by atoms with E-state index < -0.39 is 0 Å². The number of hydrogen-bond donors (Lipinski definition) is 0. The Morgan fingerprint density at radius 2 is 0.892 bits per heavy atom. The summed E-state index contributed by atoms with van der Waals surface area (Å²) in [6, 6.07) is 65.7. The van der Waals surface area contributed by atoms with Crippen LogP contribution in [0.1, 0.15) is 32.3 Å². The average Bonchev–Trinajstić information content (AvgIpc) is 4.11. The number of rotatable bonds is 15. The lowest BCUT2D eigenvalue weighted by molar-refractivity contribution is 0.765. The maximum Gasteiger partial charge on any atom is 0.115 e. The number of fused-ring (bicyclic) bond motifs is 2. The number of aromatic nitrogens is 6. The average molecular weight is 959 g/mol. The molecule has 0 spiro atoms. The van der Waals surface area contributed by atoms with Crippen molar-refractivity contribution in [1.82, 2.24) is 30.0 Å². The van der Waals surface area contributed by atoms with Crippen LogP contribution in [0, 0.1) is 0 Å². The SMILES string of the molecule is C=C/C=C(\C=C)N(c1ccc(-c2ccc(-c3ccc(N(C(/C=C\C)=C/C)c4ccc5nn(-c6ccc(C7=CCCC=C7)cc6)nc5c4)cc3)cc2)cc1)c1ccc2nn(-c3ccc(-c4ccccc4)cc3)nc2c1. The Morgan fingerprint density at radius 3 is 1.34 bits per heavy atom. The van der Waals surface area contributed by atoms with E-state index in [0.717, 1.165) is 108 Å². The van der Waals surface area contributed by atoms with Gasteiger partial charge >= 0.3 is 0 Å². The van der Waals surface area contributed by atoms with Crippen molar-refractivity contribution in [2.45, 2.75) is 26.7 Å². The molecule has 0 radical (unpaired) electrons. The molecular formula is C66H54N8. The van der Waals surface area contributed by atoms with Crippen LogP contribution in [-0.4, -0.2) is 30.0 Å². The van der Waals surface area contributed by atoms with Gasteiger partial charge in [0, 0.05) is 34.1 Å². The molecule has 2 heterocycles. The van der Waals surface area contributed by atoms with Gasteiger partial charge in [-0.25, -0.2) is 0 Å². The van der Waals surface area contributed by atoms with Crippen molar-refractivity contribution in [2.75, 3.05) is 9.80 Å². The van der Waals surface area contributed by atoms with Crippen molar-refractivity contribution in [3.63, 3.8) is 0 Å². The molecule has 74 heavy (non-hydrogen) atoms. The summed E-state index contributed by atoms with van der Waals surface area (Å²) in [5, 5.41) is 19.5. The Bertz CT molecular complexity index is 3800. The zero-order valence-electron chi connectivity index (χ0n) is 41.5. The van der Waals surface area contributed by atoms with Gasteiger partial charge in [-0.3, -0.25) is 0 Å². The van der Waals surface area contributed by atoms with Crippen LogP contribution in [-0.2, 0) is 0 Å². The molecule has 0 unspecified atom stereocenters. The summed E-state index contributed by atoms with van der Waals surface area (Å²) in [5.41, 5.74) is 20.2. The third kappa shape index (κ3) is 9.60. The third-order valence-corrected chi connectivity index (χ3v) is 13.3. The molecular weight excluding hydrogens is 905 g/mol. The van der Waals surface area contributed by atoms with Crippen LogP contribution in [0.3, 0.4) is 0 Å². The number of allylic oxidation sites excluding steroid dienone is 10. The van der Waals surface area contributed by atoms with Crippen LogP contribution in [0.4, 0.5) is 22.7 Å². The van der Waals surface area contributed by atoms with Gasteiger partial charge < -0.3 is 9.80 Å². The number of anilines is 4. The van der Waals surface area contributed by atoms with Crippen molar-refractivity contribution in [1.29, 1.82) is 0 Å². The number of hydrogen-bond acceptors (Lipinski definition) is 6. The molecule has 0 amide bonds. The molecule has 0 saturated carbocycles. The van der Waals surface area contributed by atoms with Gasteiger partial charge in [0.15, 0.2) is 0 Å². The highest BCUT2D eigenvalue weighted by molar-refractivity contribution is 5.85. The minimum Gasteiger partial charge on any atom is -0.311 e. The van der Waals surface area contributed by atoms with E-state index >= 15 is 0 Å². The van der Waals surface area contributed by atoms with Gasteiger partial charge in [0.25, 0.3) is 0 Å². The van der Waals surface area contributed by atoms with Gasteiger partial charge in [0.05, 0.1) is 11.4 Å². The summed E-state index contributed by atoms with van der Waals surface area (Å²) in [6.45, 7) is 12.3. The van der Waals surface area contributed by atoms with E-state index in [-0.39, 0.29) is 0 Å². The van der Waals surface area contributed by atoms with Gasteiger partial charge in [-0.15, -0.1) is 20.4 Å². The van der Waals surface area contributed by atoms with E-state index in [4.69, 9.17) is 20.4 Å². The van der Waals surface area contributed by atoms with Gasteiger partial charge in [-0.1, -0.05) is 153 Å². The first-order chi connectivity index (χ1) is 36.5. The molecule has 1 aliphatic rings. The highest BCUT2D eigenvalue weighted by atomic mass is 15.5. The van der Waals surface area contributed by atoms with E-state index in [1.54, 1.807) is 15.7 Å². The van der Waals surface area contributed by atoms with Crippen molar-refractivity contribution in [3.05, 3.63) is 273 Å². The Kier molecular flexibility index (Phi) is 13.2. The fourth-order valence-corrected chi connectivity index (χ4v) is 9.53. The molecule has 0 fully saturated rings. The minimum absolute atomic E-state index is 0.782. The number of nitrogens with zero attached hydrogens (tertiary/aromatic N) is 8. The first-order valence-corrected chi connectivity index (χ1v) is 25.0. The second kappa shape index (κ2) is 21.0. The Morgan fingerprint density at radius 1 is 0.459 bits per heavy atom. The lowest BCUT2D eigenvalue weighted by Gasteiger charge is -2.26. The van der Waals surface area contributed by atoms with Crippen molar-refractivity contribution in [3.8, 4) is 44.8 Å². The van der Waals surface area contributed by atoms with Crippen LogP contribution >= 0.6 is 0 Å². The minimum atomic E-state index is 0.782. The molecule has 0 aliphatic heterocycles. The lowest BCUT2D eigenvalue weighted by atomic mass is 9.99. The molecule has 0 atom stereocenters. The Balaban J connectivity index is 0.813. The summed E-state index contributed by atoms with van der Waals surface area (Å²) in [4.78, 5) is 7.85. The predicted molar refractivity (Wildman–Crippen MR) is 308 cm³/mol. The van der Waals surface area contributed by atoms with E-state index in [9.17, 15) is 0 Å². The summed E-state index contributed by atoms with van der Waals surface area (Å²) in [5.74, 6) is 0. The standard InChI is InChI=1S/C66H54N8/c1-5-15-55(7-3)71(61-41-43-63-65(45-61)69-73(67-63)59-37-29-51(30-38-59)47-17-11-9-12-18-47)57-33-25-53(26-34-57)49-21-23-50(24-22-49)54-27-35-58(36-28-54)72(56(8-4)16-6-2)62-42-44-64-66(46-62)70-74(68-64)60-39-31-52(32-40-60)48-19-13-10-14-20-48/h5-9,11-13,15-46H,1,3,10,14H2,2,4H3/b16-6-,55-15+,56-8+. The fourth-order valence-electron chi connectivity index (χ4n) is 9.53. The van der Waals surface area contributed by atoms with Gasteiger partial charge in [-0.05, 0) is 174 Å². The van der Waals surface area contributed by atoms with Crippen LogP contribution < -0.4 is 9.80 Å². The Labute approximate surface area is 432 Å². The topological polar surface area (TPSA) is 67.9 Å². The smallest absolute Gasteiger partial charge is 0.115 e. The maximum atomic E-state index is 4.94. The summed E-state index contributed by atoms with van der Waals surface area (Å²) >= 11 is 0. The first-order valence-electron chi connectivity index (χ1n) is 25.0. The van der Waals surface area contributed by atoms with Gasteiger partial charge in [0.1, 0.15) is 22.1 Å².